The summed E-state index contributed by atoms with van der Waals surface area (Å²) in [5.74, 6) is 0.184. The highest BCUT2D eigenvalue weighted by Gasteiger charge is 2.14. The van der Waals surface area contributed by atoms with Crippen LogP contribution in [0.5, 0.6) is 0 Å². The molecule has 2 atom stereocenters. The van der Waals surface area contributed by atoms with Crippen LogP contribution in [0, 0.1) is 5.92 Å². The highest BCUT2D eigenvalue weighted by atomic mass is 16.1. The van der Waals surface area contributed by atoms with E-state index in [1.54, 1.807) is 0 Å². The Hall–Kier alpha value is -1.31. The van der Waals surface area contributed by atoms with Crippen LogP contribution in [0.1, 0.15) is 33.6 Å². The largest absolute Gasteiger partial charge is 0.350 e. The number of amides is 1. The highest BCUT2D eigenvalue weighted by Crippen LogP contribution is 2.15. The molecule has 1 amide bonds. The van der Waals surface area contributed by atoms with Gasteiger partial charge in [0.05, 0.1) is 0 Å². The average Bonchev–Trinajstić information content (AvgIpc) is 2.23. The fourth-order valence-corrected chi connectivity index (χ4v) is 1.69. The van der Waals surface area contributed by atoms with Gasteiger partial charge in [-0.25, -0.2) is 0 Å². The summed E-state index contributed by atoms with van der Waals surface area (Å²) < 4.78 is 0. The molecule has 1 aliphatic heterocycles. The van der Waals surface area contributed by atoms with Crippen molar-refractivity contribution in [1.29, 1.82) is 0 Å². The summed E-state index contributed by atoms with van der Waals surface area (Å²) in [5, 5.41) is 2.98. The van der Waals surface area contributed by atoms with Gasteiger partial charge in [0.25, 0.3) is 0 Å². The summed E-state index contributed by atoms with van der Waals surface area (Å²) in [5.41, 5.74) is 2.28. The van der Waals surface area contributed by atoms with Gasteiger partial charge in [-0.15, -0.1) is 0 Å². The molecule has 2 nitrogen and oxygen atoms in total. The zero-order valence-corrected chi connectivity index (χ0v) is 10.4. The molecule has 0 spiro atoms. The molecule has 1 aliphatic rings. The molecular formula is C14H21NO. The summed E-state index contributed by atoms with van der Waals surface area (Å²) in [6.45, 7) is 10.0. The van der Waals surface area contributed by atoms with Gasteiger partial charge in [0, 0.05) is 12.0 Å². The number of nitrogens with one attached hydrogen (secondary N) is 1. The summed E-state index contributed by atoms with van der Waals surface area (Å²) in [7, 11) is 0. The van der Waals surface area contributed by atoms with E-state index >= 15 is 0 Å². The van der Waals surface area contributed by atoms with Gasteiger partial charge in [-0.3, -0.25) is 4.79 Å². The zero-order valence-electron chi connectivity index (χ0n) is 10.4. The molecule has 0 aromatic heterocycles. The van der Waals surface area contributed by atoms with Gasteiger partial charge >= 0.3 is 0 Å². The standard InChI is InChI=1S/C14H21NO/c1-10-5-7-12(3)14(16)15-13(4)8-6-11(2)9-10/h6,8-9,12-13H,1,5,7H2,2-4H3,(H,15,16)/b8-6-,11-9-. The Labute approximate surface area is 98.1 Å². The van der Waals surface area contributed by atoms with Crippen molar-refractivity contribution in [1.82, 2.24) is 5.32 Å². The van der Waals surface area contributed by atoms with E-state index < -0.39 is 0 Å². The van der Waals surface area contributed by atoms with Gasteiger partial charge in [-0.1, -0.05) is 42.9 Å². The SMILES string of the molecule is C=C1/C=C(C)\C=C/C(C)NC(=O)C(C)CC1. The highest BCUT2D eigenvalue weighted by molar-refractivity contribution is 5.78. The first-order valence-electron chi connectivity index (χ1n) is 5.83. The second-order valence-corrected chi connectivity index (χ2v) is 4.64. The van der Waals surface area contributed by atoms with E-state index in [4.69, 9.17) is 0 Å². The maximum absolute atomic E-state index is 11.8. The van der Waals surface area contributed by atoms with Crippen LogP contribution in [0.15, 0.2) is 36.0 Å². The average molecular weight is 219 g/mol. The molecule has 0 bridgehead atoms. The minimum atomic E-state index is 0.0550. The molecule has 0 saturated heterocycles. The molecule has 0 radical (unpaired) electrons. The molecule has 0 aliphatic carbocycles. The minimum Gasteiger partial charge on any atom is -0.350 e. The van der Waals surface area contributed by atoms with Crippen LogP contribution in [0.25, 0.3) is 0 Å². The van der Waals surface area contributed by atoms with Gasteiger partial charge in [0.1, 0.15) is 0 Å². The number of carbonyl (C=O) groups is 1. The van der Waals surface area contributed by atoms with E-state index in [2.05, 4.69) is 24.9 Å². The maximum atomic E-state index is 11.8. The molecule has 0 saturated carbocycles. The normalized spacial score (nSPS) is 33.3. The molecule has 1 heterocycles. The molecule has 0 aromatic carbocycles. The van der Waals surface area contributed by atoms with E-state index in [0.29, 0.717) is 0 Å². The first-order chi connectivity index (χ1) is 7.49. The van der Waals surface area contributed by atoms with Crippen LogP contribution < -0.4 is 5.32 Å². The lowest BCUT2D eigenvalue weighted by atomic mass is 10.0. The number of hydrogen-bond acceptors (Lipinski definition) is 1. The molecule has 88 valence electrons. The van der Waals surface area contributed by atoms with E-state index in [9.17, 15) is 4.79 Å². The molecule has 1 N–H and O–H groups in total. The van der Waals surface area contributed by atoms with Crippen LogP contribution in [-0.2, 0) is 4.79 Å². The topological polar surface area (TPSA) is 29.1 Å². The van der Waals surface area contributed by atoms with Crippen molar-refractivity contribution in [2.45, 2.75) is 39.7 Å². The molecule has 2 unspecified atom stereocenters. The van der Waals surface area contributed by atoms with Crippen LogP contribution in [0.4, 0.5) is 0 Å². The lowest BCUT2D eigenvalue weighted by Gasteiger charge is -2.14. The Morgan fingerprint density at radius 3 is 2.81 bits per heavy atom. The fourth-order valence-electron chi connectivity index (χ4n) is 1.69. The van der Waals surface area contributed by atoms with E-state index in [1.807, 2.05) is 26.0 Å². The van der Waals surface area contributed by atoms with Crippen molar-refractivity contribution in [3.05, 3.63) is 36.0 Å². The molecule has 16 heavy (non-hydrogen) atoms. The lowest BCUT2D eigenvalue weighted by Crippen LogP contribution is -2.35. The predicted molar refractivity (Wildman–Crippen MR) is 68.0 cm³/mol. The molecule has 2 heteroatoms. The van der Waals surface area contributed by atoms with Gasteiger partial charge < -0.3 is 5.32 Å². The Bertz CT molecular complexity index is 339. The second kappa shape index (κ2) is 5.69. The number of carbonyl (C=O) groups excluding carboxylic acids is 1. The number of rotatable bonds is 0. The van der Waals surface area contributed by atoms with Crippen LogP contribution in [0.2, 0.25) is 0 Å². The van der Waals surface area contributed by atoms with Crippen molar-refractivity contribution >= 4 is 5.91 Å². The predicted octanol–water partition coefficient (Wildman–Crippen LogP) is 2.98. The number of hydrogen-bond donors (Lipinski definition) is 1. The third kappa shape index (κ3) is 4.05. The maximum Gasteiger partial charge on any atom is 0.223 e. The van der Waals surface area contributed by atoms with Crippen LogP contribution >= 0.6 is 0 Å². The summed E-state index contributed by atoms with van der Waals surface area (Å²) in [6, 6.07) is 0.0877. The lowest BCUT2D eigenvalue weighted by molar-refractivity contribution is -0.125. The van der Waals surface area contributed by atoms with E-state index in [0.717, 1.165) is 18.4 Å². The molecule has 0 fully saturated rings. The van der Waals surface area contributed by atoms with Gasteiger partial charge in [0.2, 0.25) is 5.91 Å². The Balaban J connectivity index is 2.83. The quantitative estimate of drug-likeness (QED) is 0.666. The molecular weight excluding hydrogens is 198 g/mol. The molecule has 1 rings (SSSR count). The first-order valence-corrected chi connectivity index (χ1v) is 5.83. The Morgan fingerprint density at radius 1 is 1.44 bits per heavy atom. The number of allylic oxidation sites excluding steroid dienone is 4. The summed E-state index contributed by atoms with van der Waals surface area (Å²) in [4.78, 5) is 11.8. The fraction of sp³-hybridized carbons (Fsp3) is 0.500. The van der Waals surface area contributed by atoms with Crippen LogP contribution in [-0.4, -0.2) is 11.9 Å². The Morgan fingerprint density at radius 2 is 2.12 bits per heavy atom. The van der Waals surface area contributed by atoms with Crippen molar-refractivity contribution in [2.24, 2.45) is 5.92 Å². The van der Waals surface area contributed by atoms with E-state index in [1.165, 1.54) is 5.57 Å². The van der Waals surface area contributed by atoms with Crippen molar-refractivity contribution in [3.63, 3.8) is 0 Å². The van der Waals surface area contributed by atoms with Crippen molar-refractivity contribution in [3.8, 4) is 0 Å². The van der Waals surface area contributed by atoms with Crippen molar-refractivity contribution < 1.29 is 4.79 Å². The summed E-state index contributed by atoms with van der Waals surface area (Å²) in [6.07, 6.45) is 7.88. The summed E-state index contributed by atoms with van der Waals surface area (Å²) >= 11 is 0. The monoisotopic (exact) mass is 219 g/mol. The third-order valence-corrected chi connectivity index (χ3v) is 2.80. The van der Waals surface area contributed by atoms with Gasteiger partial charge in [-0.05, 0) is 26.7 Å². The Kier molecular flexibility index (Phi) is 4.53. The van der Waals surface area contributed by atoms with E-state index in [-0.39, 0.29) is 17.9 Å². The zero-order chi connectivity index (χ0) is 12.1. The molecule has 0 aromatic rings. The van der Waals surface area contributed by atoms with Crippen LogP contribution in [0.3, 0.4) is 0 Å². The van der Waals surface area contributed by atoms with Gasteiger partial charge in [-0.2, -0.15) is 0 Å². The minimum absolute atomic E-state index is 0.0550. The second-order valence-electron chi connectivity index (χ2n) is 4.64. The van der Waals surface area contributed by atoms with Gasteiger partial charge in [0.15, 0.2) is 0 Å². The smallest absolute Gasteiger partial charge is 0.223 e. The third-order valence-electron chi connectivity index (χ3n) is 2.80. The van der Waals surface area contributed by atoms with Crippen molar-refractivity contribution in [2.75, 3.05) is 0 Å². The first kappa shape index (κ1) is 12.8.